The summed E-state index contributed by atoms with van der Waals surface area (Å²) in [7, 11) is 0. The Kier molecular flexibility index (Phi) is 2.90. The smallest absolute Gasteiger partial charge is 0.224 e. The topological polar surface area (TPSA) is 49.3 Å². The van der Waals surface area contributed by atoms with Crippen LogP contribution in [0.25, 0.3) is 0 Å². The van der Waals surface area contributed by atoms with Crippen molar-refractivity contribution in [2.24, 2.45) is 0 Å². The van der Waals surface area contributed by atoms with Gasteiger partial charge in [-0.05, 0) is 30.7 Å². The maximum absolute atomic E-state index is 11.0. The van der Waals surface area contributed by atoms with Gasteiger partial charge in [-0.25, -0.2) is 0 Å². The molecule has 0 aromatic heterocycles. The number of amides is 1. The number of aromatic hydroxyl groups is 1. The van der Waals surface area contributed by atoms with E-state index in [-0.39, 0.29) is 11.7 Å². The highest BCUT2D eigenvalue weighted by Crippen LogP contribution is 2.19. The summed E-state index contributed by atoms with van der Waals surface area (Å²) < 4.78 is 0. The molecule has 3 heteroatoms. The van der Waals surface area contributed by atoms with Crippen LogP contribution in [-0.2, 0) is 4.79 Å². The van der Waals surface area contributed by atoms with Crippen molar-refractivity contribution in [3.63, 3.8) is 0 Å². The number of aryl methyl sites for hydroxylation is 1. The fourth-order valence-corrected chi connectivity index (χ4v) is 0.983. The van der Waals surface area contributed by atoms with Gasteiger partial charge in [0.05, 0.1) is 0 Å². The lowest BCUT2D eigenvalue weighted by Crippen LogP contribution is -2.09. The van der Waals surface area contributed by atoms with Gasteiger partial charge in [0.2, 0.25) is 5.91 Å². The molecular formula is C10H13NO2. The second-order valence-electron chi connectivity index (χ2n) is 2.90. The van der Waals surface area contributed by atoms with E-state index in [1.807, 2.05) is 0 Å². The van der Waals surface area contributed by atoms with Crippen molar-refractivity contribution >= 4 is 11.6 Å². The zero-order valence-electron chi connectivity index (χ0n) is 7.79. The van der Waals surface area contributed by atoms with Crippen LogP contribution in [0, 0.1) is 6.92 Å². The molecule has 0 radical (unpaired) electrons. The maximum Gasteiger partial charge on any atom is 0.224 e. The van der Waals surface area contributed by atoms with E-state index in [1.165, 1.54) is 0 Å². The summed E-state index contributed by atoms with van der Waals surface area (Å²) in [6.45, 7) is 3.58. The molecule has 0 unspecified atom stereocenters. The van der Waals surface area contributed by atoms with Gasteiger partial charge in [0.1, 0.15) is 5.75 Å². The monoisotopic (exact) mass is 179 g/mol. The van der Waals surface area contributed by atoms with Crippen LogP contribution in [0.2, 0.25) is 0 Å². The average molecular weight is 179 g/mol. The number of phenolic OH excluding ortho intramolecular Hbond substituents is 1. The molecular weight excluding hydrogens is 166 g/mol. The molecule has 0 spiro atoms. The molecule has 0 bridgehead atoms. The molecule has 0 saturated carbocycles. The van der Waals surface area contributed by atoms with Crippen LogP contribution in [0.4, 0.5) is 5.69 Å². The fourth-order valence-electron chi connectivity index (χ4n) is 0.983. The van der Waals surface area contributed by atoms with Crippen LogP contribution in [0.1, 0.15) is 18.9 Å². The zero-order chi connectivity index (χ0) is 9.84. The van der Waals surface area contributed by atoms with Crippen molar-refractivity contribution < 1.29 is 9.90 Å². The van der Waals surface area contributed by atoms with Crippen LogP contribution in [0.5, 0.6) is 5.75 Å². The van der Waals surface area contributed by atoms with E-state index in [9.17, 15) is 9.90 Å². The minimum Gasteiger partial charge on any atom is -0.508 e. The molecule has 1 amide bonds. The summed E-state index contributed by atoms with van der Waals surface area (Å²) in [5, 5.41) is 11.9. The lowest BCUT2D eigenvalue weighted by atomic mass is 10.2. The Balaban J connectivity index is 2.79. The van der Waals surface area contributed by atoms with Crippen LogP contribution >= 0.6 is 0 Å². The third kappa shape index (κ3) is 2.47. The van der Waals surface area contributed by atoms with Crippen molar-refractivity contribution in [2.75, 3.05) is 5.32 Å². The molecule has 13 heavy (non-hydrogen) atoms. The van der Waals surface area contributed by atoms with Crippen molar-refractivity contribution in [2.45, 2.75) is 20.3 Å². The number of phenols is 1. The van der Waals surface area contributed by atoms with Gasteiger partial charge >= 0.3 is 0 Å². The van der Waals surface area contributed by atoms with Crippen molar-refractivity contribution in [1.82, 2.24) is 0 Å². The molecule has 0 atom stereocenters. The minimum atomic E-state index is -0.0231. The first-order chi connectivity index (χ1) is 6.13. The summed E-state index contributed by atoms with van der Waals surface area (Å²) in [5.41, 5.74) is 1.48. The number of benzene rings is 1. The summed E-state index contributed by atoms with van der Waals surface area (Å²) in [5.74, 6) is 0.222. The molecule has 1 aromatic rings. The van der Waals surface area contributed by atoms with Crippen LogP contribution in [0.15, 0.2) is 18.2 Å². The molecule has 2 N–H and O–H groups in total. The Labute approximate surface area is 77.4 Å². The SMILES string of the molecule is CCC(=O)Nc1ccc(O)c(C)c1. The molecule has 3 nitrogen and oxygen atoms in total. The van der Waals surface area contributed by atoms with Gasteiger partial charge in [-0.15, -0.1) is 0 Å². The number of anilines is 1. The first-order valence-corrected chi connectivity index (χ1v) is 4.23. The van der Waals surface area contributed by atoms with E-state index in [1.54, 1.807) is 32.0 Å². The number of nitrogens with one attached hydrogen (secondary N) is 1. The summed E-state index contributed by atoms with van der Waals surface area (Å²) in [4.78, 5) is 11.0. The molecule has 0 aliphatic carbocycles. The van der Waals surface area contributed by atoms with E-state index in [0.717, 1.165) is 11.3 Å². The van der Waals surface area contributed by atoms with Gasteiger partial charge in [0.25, 0.3) is 0 Å². The molecule has 70 valence electrons. The van der Waals surface area contributed by atoms with E-state index in [2.05, 4.69) is 5.32 Å². The van der Waals surface area contributed by atoms with E-state index in [0.29, 0.717) is 6.42 Å². The first-order valence-electron chi connectivity index (χ1n) is 4.23. The van der Waals surface area contributed by atoms with Gasteiger partial charge in [0.15, 0.2) is 0 Å². The third-order valence-electron chi connectivity index (χ3n) is 1.80. The Morgan fingerprint density at radius 3 is 2.77 bits per heavy atom. The molecule has 0 aliphatic heterocycles. The zero-order valence-corrected chi connectivity index (χ0v) is 7.79. The van der Waals surface area contributed by atoms with Gasteiger partial charge in [-0.2, -0.15) is 0 Å². The van der Waals surface area contributed by atoms with Crippen molar-refractivity contribution in [3.8, 4) is 5.75 Å². The van der Waals surface area contributed by atoms with E-state index >= 15 is 0 Å². The number of carbonyl (C=O) groups excluding carboxylic acids is 1. The first kappa shape index (κ1) is 9.58. The van der Waals surface area contributed by atoms with Crippen LogP contribution < -0.4 is 5.32 Å². The Morgan fingerprint density at radius 1 is 1.54 bits per heavy atom. The van der Waals surface area contributed by atoms with Gasteiger partial charge in [-0.1, -0.05) is 6.92 Å². The summed E-state index contributed by atoms with van der Waals surface area (Å²) >= 11 is 0. The predicted molar refractivity (Wildman–Crippen MR) is 51.8 cm³/mol. The highest BCUT2D eigenvalue weighted by Gasteiger charge is 2.00. The number of hydrogen-bond donors (Lipinski definition) is 2. The molecule has 1 rings (SSSR count). The average Bonchev–Trinajstić information content (AvgIpc) is 2.11. The molecule has 0 saturated heterocycles. The summed E-state index contributed by atoms with van der Waals surface area (Å²) in [6.07, 6.45) is 0.458. The van der Waals surface area contributed by atoms with Gasteiger partial charge in [-0.3, -0.25) is 4.79 Å². The van der Waals surface area contributed by atoms with Gasteiger partial charge in [0, 0.05) is 12.1 Å². The quantitative estimate of drug-likeness (QED) is 0.682. The Hall–Kier alpha value is -1.51. The molecule has 1 aromatic carbocycles. The van der Waals surface area contributed by atoms with Crippen molar-refractivity contribution in [1.29, 1.82) is 0 Å². The number of hydrogen-bond acceptors (Lipinski definition) is 2. The van der Waals surface area contributed by atoms with Crippen LogP contribution in [0.3, 0.4) is 0 Å². The number of rotatable bonds is 2. The normalized spacial score (nSPS) is 9.69. The van der Waals surface area contributed by atoms with Gasteiger partial charge < -0.3 is 10.4 Å². The predicted octanol–water partition coefficient (Wildman–Crippen LogP) is 2.05. The molecule has 0 aliphatic rings. The van der Waals surface area contributed by atoms with E-state index < -0.39 is 0 Å². The second-order valence-corrected chi connectivity index (χ2v) is 2.90. The lowest BCUT2D eigenvalue weighted by molar-refractivity contribution is -0.115. The third-order valence-corrected chi connectivity index (χ3v) is 1.80. The molecule has 0 heterocycles. The summed E-state index contributed by atoms with van der Waals surface area (Å²) in [6, 6.07) is 4.99. The van der Waals surface area contributed by atoms with Crippen molar-refractivity contribution in [3.05, 3.63) is 23.8 Å². The molecule has 0 fully saturated rings. The van der Waals surface area contributed by atoms with E-state index in [4.69, 9.17) is 0 Å². The second kappa shape index (κ2) is 3.94. The Morgan fingerprint density at radius 2 is 2.23 bits per heavy atom. The minimum absolute atomic E-state index is 0.0231. The highest BCUT2D eigenvalue weighted by molar-refractivity contribution is 5.90. The maximum atomic E-state index is 11.0. The fraction of sp³-hybridized carbons (Fsp3) is 0.300. The van der Waals surface area contributed by atoms with Crippen LogP contribution in [-0.4, -0.2) is 11.0 Å². The Bertz CT molecular complexity index is 321. The lowest BCUT2D eigenvalue weighted by Gasteiger charge is -2.05. The largest absolute Gasteiger partial charge is 0.508 e. The highest BCUT2D eigenvalue weighted by atomic mass is 16.3. The number of carbonyl (C=O) groups is 1. The standard InChI is InChI=1S/C10H13NO2/c1-3-10(13)11-8-4-5-9(12)7(2)6-8/h4-6,12H,3H2,1-2H3,(H,11,13).